The fourth-order valence-electron chi connectivity index (χ4n) is 4.21. The van der Waals surface area contributed by atoms with Gasteiger partial charge < -0.3 is 14.6 Å². The summed E-state index contributed by atoms with van der Waals surface area (Å²) in [6, 6.07) is 1.68. The van der Waals surface area contributed by atoms with Crippen LogP contribution in [0.2, 0.25) is 0 Å². The van der Waals surface area contributed by atoms with E-state index in [1.165, 1.54) is 6.92 Å². The standard InChI is InChI=1S/C23H30F2N8O2S2.C2H4O/c1-14(30(3)4)22(34)32-9-7-31(8-10-32)16-11-15(37(35)29-23(2)5-6-23)13-33-17(16)12-26-19(33)21-28-27-20(36-21)18(24)25;1-2-3/h11-14,18,29H,5-10H2,1-4H3;2H,1H3. The van der Waals surface area contributed by atoms with E-state index in [2.05, 4.69) is 24.8 Å². The molecule has 0 spiro atoms. The number of amides is 1. The largest absolute Gasteiger partial charge is 0.366 e. The Hall–Kier alpha value is -2.88. The van der Waals surface area contributed by atoms with Crippen molar-refractivity contribution < 1.29 is 22.6 Å². The van der Waals surface area contributed by atoms with Crippen molar-refractivity contribution in [2.45, 2.75) is 56.5 Å². The van der Waals surface area contributed by atoms with Gasteiger partial charge in [0.15, 0.2) is 15.8 Å². The van der Waals surface area contributed by atoms with Gasteiger partial charge in [-0.05, 0) is 53.8 Å². The molecule has 4 heterocycles. The molecular formula is C25H34F2N8O3S2. The lowest BCUT2D eigenvalue weighted by atomic mass is 10.2. The van der Waals surface area contributed by atoms with Crippen LogP contribution >= 0.6 is 11.3 Å². The Labute approximate surface area is 238 Å². The van der Waals surface area contributed by atoms with Crippen molar-refractivity contribution >= 4 is 45.7 Å². The smallest absolute Gasteiger partial charge is 0.291 e. The van der Waals surface area contributed by atoms with Gasteiger partial charge in [-0.15, -0.1) is 10.2 Å². The fraction of sp³-hybridized carbons (Fsp3) is 0.560. The quantitative estimate of drug-likeness (QED) is 0.395. The number of rotatable bonds is 8. The highest BCUT2D eigenvalue weighted by Crippen LogP contribution is 2.37. The number of likely N-dealkylation sites (N-methyl/N-ethyl adjacent to an activating group) is 1. The summed E-state index contributed by atoms with van der Waals surface area (Å²) in [7, 11) is 2.29. The molecule has 15 heteroatoms. The van der Waals surface area contributed by atoms with Crippen LogP contribution in [0.25, 0.3) is 16.3 Å². The number of aromatic nitrogens is 4. The summed E-state index contributed by atoms with van der Waals surface area (Å²) in [5.74, 6) is 0.454. The lowest BCUT2D eigenvalue weighted by Crippen LogP contribution is -2.53. The first kappa shape index (κ1) is 30.1. The Morgan fingerprint density at radius 2 is 1.88 bits per heavy atom. The number of aldehydes is 1. The summed E-state index contributed by atoms with van der Waals surface area (Å²) >= 11 is 0.789. The average molecular weight is 597 g/mol. The number of hydrogen-bond acceptors (Lipinski definition) is 9. The first-order valence-electron chi connectivity index (χ1n) is 12.9. The minimum atomic E-state index is -2.71. The summed E-state index contributed by atoms with van der Waals surface area (Å²) in [6.07, 6.45) is 3.33. The normalized spacial score (nSPS) is 18.0. The summed E-state index contributed by atoms with van der Waals surface area (Å²) in [5.41, 5.74) is 1.40. The van der Waals surface area contributed by atoms with Crippen LogP contribution in [0.4, 0.5) is 14.5 Å². The molecule has 1 saturated carbocycles. The Bertz CT molecular complexity index is 1380. The Morgan fingerprint density at radius 3 is 2.42 bits per heavy atom. The van der Waals surface area contributed by atoms with Gasteiger partial charge in [-0.3, -0.25) is 14.1 Å². The fourth-order valence-corrected chi connectivity index (χ4v) is 6.09. The Morgan fingerprint density at radius 1 is 1.23 bits per heavy atom. The van der Waals surface area contributed by atoms with Gasteiger partial charge in [-0.2, -0.15) is 0 Å². The molecule has 40 heavy (non-hydrogen) atoms. The summed E-state index contributed by atoms with van der Waals surface area (Å²) < 4.78 is 44.5. The molecule has 5 rings (SSSR count). The summed E-state index contributed by atoms with van der Waals surface area (Å²) in [5, 5.41) is 7.42. The lowest BCUT2D eigenvalue weighted by Gasteiger charge is -2.38. The number of nitrogens with one attached hydrogen (secondary N) is 1. The van der Waals surface area contributed by atoms with Gasteiger partial charge in [0, 0.05) is 37.9 Å². The van der Waals surface area contributed by atoms with Crippen LogP contribution in [-0.2, 0) is 20.6 Å². The molecule has 1 aliphatic carbocycles. The third kappa shape index (κ3) is 6.53. The van der Waals surface area contributed by atoms with Crippen LogP contribution in [0.15, 0.2) is 23.4 Å². The molecule has 3 aromatic heterocycles. The van der Waals surface area contributed by atoms with Crippen LogP contribution in [0.1, 0.15) is 45.0 Å². The molecule has 0 radical (unpaired) electrons. The number of halogens is 2. The second-order valence-electron chi connectivity index (χ2n) is 10.3. The third-order valence-electron chi connectivity index (χ3n) is 7.03. The first-order valence-corrected chi connectivity index (χ1v) is 14.9. The summed E-state index contributed by atoms with van der Waals surface area (Å²) in [4.78, 5) is 32.6. The van der Waals surface area contributed by atoms with E-state index in [0.717, 1.165) is 41.7 Å². The number of carbonyl (C=O) groups is 2. The van der Waals surface area contributed by atoms with E-state index >= 15 is 0 Å². The van der Waals surface area contributed by atoms with Gasteiger partial charge in [0.1, 0.15) is 17.3 Å². The van der Waals surface area contributed by atoms with E-state index < -0.39 is 17.4 Å². The second kappa shape index (κ2) is 12.3. The number of carbonyl (C=O) groups excluding carboxylic acids is 2. The SMILES string of the molecule is CC(C(=O)N1CCN(c2cc(S(=O)NC3(C)CC3)cn3c(-c4nnc(C(F)F)s4)ncc23)CC1)N(C)C.CC=O. The molecule has 1 N–H and O–H groups in total. The second-order valence-corrected chi connectivity index (χ2v) is 12.5. The van der Waals surface area contributed by atoms with E-state index in [4.69, 9.17) is 4.79 Å². The Balaban J connectivity index is 0.00000118. The van der Waals surface area contributed by atoms with Crippen molar-refractivity contribution in [1.82, 2.24) is 34.1 Å². The number of imidazole rings is 1. The maximum atomic E-state index is 13.3. The minimum Gasteiger partial charge on any atom is -0.366 e. The Kier molecular flexibility index (Phi) is 9.27. The van der Waals surface area contributed by atoms with Crippen LogP contribution < -0.4 is 9.62 Å². The van der Waals surface area contributed by atoms with E-state index in [1.54, 1.807) is 16.8 Å². The molecule has 2 unspecified atom stereocenters. The maximum absolute atomic E-state index is 13.3. The summed E-state index contributed by atoms with van der Waals surface area (Å²) in [6.45, 7) is 7.68. The van der Waals surface area contributed by atoms with E-state index in [0.29, 0.717) is 36.9 Å². The predicted molar refractivity (Wildman–Crippen MR) is 150 cm³/mol. The van der Waals surface area contributed by atoms with Crippen LogP contribution in [0.3, 0.4) is 0 Å². The van der Waals surface area contributed by atoms with Crippen molar-refractivity contribution in [3.05, 3.63) is 23.5 Å². The molecule has 0 aromatic carbocycles. The zero-order chi connectivity index (χ0) is 29.2. The number of piperazine rings is 1. The number of fused-ring (bicyclic) bond motifs is 1. The van der Waals surface area contributed by atoms with Crippen LogP contribution in [0.5, 0.6) is 0 Å². The number of anilines is 1. The van der Waals surface area contributed by atoms with Crippen LogP contribution in [0, 0.1) is 0 Å². The zero-order valence-electron chi connectivity index (χ0n) is 23.1. The van der Waals surface area contributed by atoms with Crippen molar-refractivity contribution in [2.24, 2.45) is 0 Å². The maximum Gasteiger partial charge on any atom is 0.291 e. The molecular weight excluding hydrogens is 562 g/mol. The first-order chi connectivity index (χ1) is 19.0. The highest BCUT2D eigenvalue weighted by atomic mass is 32.2. The molecule has 1 amide bonds. The molecule has 218 valence electrons. The van der Waals surface area contributed by atoms with Gasteiger partial charge in [0.2, 0.25) is 5.91 Å². The van der Waals surface area contributed by atoms with Gasteiger partial charge >= 0.3 is 0 Å². The predicted octanol–water partition coefficient (Wildman–Crippen LogP) is 2.76. The highest BCUT2D eigenvalue weighted by molar-refractivity contribution is 7.83. The van der Waals surface area contributed by atoms with Crippen LogP contribution in [-0.4, -0.2) is 97.6 Å². The molecule has 11 nitrogen and oxygen atoms in total. The molecule has 0 bridgehead atoms. The van der Waals surface area contributed by atoms with Gasteiger partial charge in [-0.25, -0.2) is 22.7 Å². The molecule has 2 fully saturated rings. The van der Waals surface area contributed by atoms with E-state index in [-0.39, 0.29) is 27.5 Å². The topological polar surface area (TPSA) is 116 Å². The van der Waals surface area contributed by atoms with Gasteiger partial charge in [0.05, 0.1) is 28.3 Å². The van der Waals surface area contributed by atoms with Gasteiger partial charge in [-0.1, -0.05) is 11.3 Å². The zero-order valence-corrected chi connectivity index (χ0v) is 24.8. The molecule has 2 aliphatic rings. The lowest BCUT2D eigenvalue weighted by molar-refractivity contribution is -0.135. The van der Waals surface area contributed by atoms with Crippen molar-refractivity contribution in [1.29, 1.82) is 0 Å². The highest BCUT2D eigenvalue weighted by Gasteiger charge is 2.39. The third-order valence-corrected chi connectivity index (χ3v) is 9.29. The van der Waals surface area contributed by atoms with Crippen molar-refractivity contribution in [3.63, 3.8) is 0 Å². The minimum absolute atomic E-state index is 0.0873. The average Bonchev–Trinajstić information content (AvgIpc) is 3.30. The van der Waals surface area contributed by atoms with Gasteiger partial charge in [0.25, 0.3) is 6.43 Å². The van der Waals surface area contributed by atoms with Crippen molar-refractivity contribution in [2.75, 3.05) is 45.2 Å². The molecule has 3 aromatic rings. The number of alkyl halides is 2. The molecule has 2 atom stereocenters. The number of hydrogen-bond donors (Lipinski definition) is 1. The number of nitrogens with zero attached hydrogens (tertiary/aromatic N) is 7. The van der Waals surface area contributed by atoms with E-state index in [1.807, 2.05) is 43.8 Å². The molecule has 1 aliphatic heterocycles. The number of pyridine rings is 1. The molecule has 1 saturated heterocycles. The monoisotopic (exact) mass is 596 g/mol. The van der Waals surface area contributed by atoms with Crippen molar-refractivity contribution in [3.8, 4) is 10.8 Å². The van der Waals surface area contributed by atoms with E-state index in [9.17, 15) is 17.8 Å².